The first kappa shape index (κ1) is 12.2. The average molecular weight is 254 g/mol. The van der Waals surface area contributed by atoms with E-state index in [0.717, 1.165) is 11.0 Å². The molecule has 5 heteroatoms. The van der Waals surface area contributed by atoms with Crippen LogP contribution in [0.2, 0.25) is 5.02 Å². The minimum atomic E-state index is 0.0960. The van der Waals surface area contributed by atoms with Gasteiger partial charge in [-0.25, -0.2) is 4.98 Å². The van der Waals surface area contributed by atoms with Crippen molar-refractivity contribution >= 4 is 28.6 Å². The van der Waals surface area contributed by atoms with Gasteiger partial charge in [0, 0.05) is 11.6 Å². The molecule has 1 heterocycles. The van der Waals surface area contributed by atoms with Crippen molar-refractivity contribution in [3.8, 4) is 0 Å². The maximum Gasteiger partial charge on any atom is 0.201 e. The quantitative estimate of drug-likeness (QED) is 0.912. The van der Waals surface area contributed by atoms with E-state index in [1.807, 2.05) is 36.6 Å². The van der Waals surface area contributed by atoms with E-state index in [9.17, 15) is 0 Å². The molecule has 1 aromatic heterocycles. The zero-order valence-electron chi connectivity index (χ0n) is 9.98. The Balaban J connectivity index is 2.38. The monoisotopic (exact) mass is 253 g/mol. The maximum atomic E-state index is 5.98. The predicted molar refractivity (Wildman–Crippen MR) is 70.2 cm³/mol. The Morgan fingerprint density at radius 1 is 1.53 bits per heavy atom. The number of imidazole rings is 1. The minimum absolute atomic E-state index is 0.0960. The van der Waals surface area contributed by atoms with Crippen molar-refractivity contribution in [1.82, 2.24) is 9.55 Å². The molecule has 0 bridgehead atoms. The van der Waals surface area contributed by atoms with Gasteiger partial charge in [0.05, 0.1) is 23.7 Å². The molecule has 1 atom stereocenters. The van der Waals surface area contributed by atoms with Crippen LogP contribution in [0.3, 0.4) is 0 Å². The number of hydrogen-bond donors (Lipinski definition) is 1. The molecule has 0 fully saturated rings. The number of benzene rings is 1. The number of fused-ring (bicyclic) bond motifs is 1. The lowest BCUT2D eigenvalue weighted by atomic mass is 10.3. The molecule has 17 heavy (non-hydrogen) atoms. The topological polar surface area (TPSA) is 53.1 Å². The Labute approximate surface area is 105 Å². The number of nitrogens with zero attached hydrogens (tertiary/aromatic N) is 2. The van der Waals surface area contributed by atoms with E-state index in [-0.39, 0.29) is 6.10 Å². The summed E-state index contributed by atoms with van der Waals surface area (Å²) in [6, 6.07) is 5.56. The molecule has 0 saturated carbocycles. The second kappa shape index (κ2) is 4.94. The second-order valence-electron chi connectivity index (χ2n) is 3.98. The van der Waals surface area contributed by atoms with E-state index in [0.29, 0.717) is 24.1 Å². The number of rotatable bonds is 4. The van der Waals surface area contributed by atoms with Gasteiger partial charge in [0.15, 0.2) is 0 Å². The van der Waals surface area contributed by atoms with Crippen LogP contribution in [0.1, 0.15) is 13.8 Å². The fourth-order valence-corrected chi connectivity index (χ4v) is 2.07. The molecule has 0 aliphatic heterocycles. The van der Waals surface area contributed by atoms with Gasteiger partial charge in [-0.05, 0) is 32.0 Å². The number of halogens is 1. The van der Waals surface area contributed by atoms with E-state index >= 15 is 0 Å². The zero-order valence-corrected chi connectivity index (χ0v) is 10.7. The van der Waals surface area contributed by atoms with Crippen LogP contribution in [0.4, 0.5) is 5.95 Å². The van der Waals surface area contributed by atoms with Crippen molar-refractivity contribution in [2.24, 2.45) is 0 Å². The highest BCUT2D eigenvalue weighted by atomic mass is 35.5. The summed E-state index contributed by atoms with van der Waals surface area (Å²) < 4.78 is 7.44. The van der Waals surface area contributed by atoms with Gasteiger partial charge in [0.25, 0.3) is 0 Å². The lowest BCUT2D eigenvalue weighted by molar-refractivity contribution is 0.0652. The number of ether oxygens (including phenoxy) is 1. The molecule has 0 spiro atoms. The van der Waals surface area contributed by atoms with Gasteiger partial charge in [0.2, 0.25) is 5.95 Å². The number of hydrogen-bond acceptors (Lipinski definition) is 3. The van der Waals surface area contributed by atoms with Crippen LogP contribution < -0.4 is 5.73 Å². The first-order valence-corrected chi connectivity index (χ1v) is 6.02. The summed E-state index contributed by atoms with van der Waals surface area (Å²) >= 11 is 5.98. The third-order valence-electron chi connectivity index (χ3n) is 2.63. The van der Waals surface area contributed by atoms with Gasteiger partial charge in [-0.1, -0.05) is 11.6 Å². The molecule has 2 rings (SSSR count). The van der Waals surface area contributed by atoms with E-state index in [4.69, 9.17) is 22.1 Å². The summed E-state index contributed by atoms with van der Waals surface area (Å²) in [5.74, 6) is 0.494. The van der Waals surface area contributed by atoms with E-state index in [1.165, 1.54) is 0 Å². The molecule has 1 unspecified atom stereocenters. The van der Waals surface area contributed by atoms with Crippen molar-refractivity contribution < 1.29 is 4.74 Å². The first-order chi connectivity index (χ1) is 8.11. The molecule has 2 aromatic rings. The molecule has 92 valence electrons. The highest BCUT2D eigenvalue weighted by Crippen LogP contribution is 2.22. The largest absolute Gasteiger partial charge is 0.377 e. The van der Waals surface area contributed by atoms with Crippen LogP contribution >= 0.6 is 11.6 Å². The van der Waals surface area contributed by atoms with Crippen LogP contribution in [0.25, 0.3) is 11.0 Å². The fraction of sp³-hybridized carbons (Fsp3) is 0.417. The summed E-state index contributed by atoms with van der Waals surface area (Å²) in [5, 5.41) is 0.683. The standard InChI is InChI=1S/C12H16ClN3O/c1-3-17-8(2)7-16-11-6-9(13)4-5-10(11)15-12(16)14/h4-6,8H,3,7H2,1-2H3,(H2,14,15). The first-order valence-electron chi connectivity index (χ1n) is 5.64. The lowest BCUT2D eigenvalue weighted by Crippen LogP contribution is -2.17. The number of aromatic nitrogens is 2. The molecule has 4 nitrogen and oxygen atoms in total. The number of nitrogen functional groups attached to an aromatic ring is 1. The summed E-state index contributed by atoms with van der Waals surface area (Å²) in [5.41, 5.74) is 7.70. The minimum Gasteiger partial charge on any atom is -0.377 e. The molecule has 1 aromatic carbocycles. The van der Waals surface area contributed by atoms with E-state index in [1.54, 1.807) is 0 Å². The van der Waals surface area contributed by atoms with Crippen molar-refractivity contribution in [2.75, 3.05) is 12.3 Å². The smallest absolute Gasteiger partial charge is 0.201 e. The number of nitrogens with two attached hydrogens (primary N) is 1. The SMILES string of the molecule is CCOC(C)Cn1c(N)nc2ccc(Cl)cc21. The molecular weight excluding hydrogens is 238 g/mol. The molecule has 0 radical (unpaired) electrons. The van der Waals surface area contributed by atoms with E-state index in [2.05, 4.69) is 4.98 Å². The van der Waals surface area contributed by atoms with Gasteiger partial charge in [-0.3, -0.25) is 0 Å². The second-order valence-corrected chi connectivity index (χ2v) is 4.42. The third kappa shape index (κ3) is 2.53. The van der Waals surface area contributed by atoms with Crippen LogP contribution in [0.5, 0.6) is 0 Å². The van der Waals surface area contributed by atoms with Crippen LogP contribution in [0, 0.1) is 0 Å². The fourth-order valence-electron chi connectivity index (χ4n) is 1.90. The third-order valence-corrected chi connectivity index (χ3v) is 2.87. The molecular formula is C12H16ClN3O. The highest BCUT2D eigenvalue weighted by Gasteiger charge is 2.11. The van der Waals surface area contributed by atoms with Crippen LogP contribution in [-0.2, 0) is 11.3 Å². The van der Waals surface area contributed by atoms with Crippen molar-refractivity contribution in [1.29, 1.82) is 0 Å². The van der Waals surface area contributed by atoms with Gasteiger partial charge >= 0.3 is 0 Å². The zero-order chi connectivity index (χ0) is 12.4. The Bertz CT molecular complexity index is 524. The van der Waals surface area contributed by atoms with Crippen LogP contribution in [0.15, 0.2) is 18.2 Å². The van der Waals surface area contributed by atoms with Gasteiger partial charge in [-0.2, -0.15) is 0 Å². The average Bonchev–Trinajstić information content (AvgIpc) is 2.56. The van der Waals surface area contributed by atoms with Gasteiger partial charge in [0.1, 0.15) is 0 Å². The summed E-state index contributed by atoms with van der Waals surface area (Å²) in [4.78, 5) is 4.29. The van der Waals surface area contributed by atoms with Crippen molar-refractivity contribution in [3.63, 3.8) is 0 Å². The van der Waals surface area contributed by atoms with Gasteiger partial charge < -0.3 is 15.0 Å². The Morgan fingerprint density at radius 2 is 2.29 bits per heavy atom. The molecule has 0 saturated heterocycles. The van der Waals surface area contributed by atoms with Gasteiger partial charge in [-0.15, -0.1) is 0 Å². The van der Waals surface area contributed by atoms with Crippen molar-refractivity contribution in [3.05, 3.63) is 23.2 Å². The van der Waals surface area contributed by atoms with E-state index < -0.39 is 0 Å². The molecule has 0 aliphatic carbocycles. The van der Waals surface area contributed by atoms with Crippen LogP contribution in [-0.4, -0.2) is 22.3 Å². The summed E-state index contributed by atoms with van der Waals surface area (Å²) in [6.45, 7) is 5.35. The Hall–Kier alpha value is -1.26. The molecule has 0 amide bonds. The normalized spacial score (nSPS) is 13.1. The summed E-state index contributed by atoms with van der Waals surface area (Å²) in [7, 11) is 0. The summed E-state index contributed by atoms with van der Waals surface area (Å²) in [6.07, 6.45) is 0.0960. The maximum absolute atomic E-state index is 5.98. The molecule has 0 aliphatic rings. The Morgan fingerprint density at radius 3 is 3.00 bits per heavy atom. The molecule has 2 N–H and O–H groups in total. The number of anilines is 1. The Kier molecular flexibility index (Phi) is 3.54. The lowest BCUT2D eigenvalue weighted by Gasteiger charge is -2.14. The van der Waals surface area contributed by atoms with Crippen molar-refractivity contribution in [2.45, 2.75) is 26.5 Å². The highest BCUT2D eigenvalue weighted by molar-refractivity contribution is 6.31. The predicted octanol–water partition coefficient (Wildman–Crippen LogP) is 2.70.